The van der Waals surface area contributed by atoms with E-state index >= 15 is 0 Å². The van der Waals surface area contributed by atoms with Crippen molar-refractivity contribution in [3.8, 4) is 11.6 Å². The molecule has 1 aromatic carbocycles. The fraction of sp³-hybridized carbons (Fsp3) is 0. The number of halogens is 1. The predicted molar refractivity (Wildman–Crippen MR) is 80.7 cm³/mol. The van der Waals surface area contributed by atoms with Crippen molar-refractivity contribution < 1.29 is 14.6 Å². The van der Waals surface area contributed by atoms with Crippen molar-refractivity contribution in [1.29, 1.82) is 0 Å². The molecule has 0 atom stereocenters. The van der Waals surface area contributed by atoms with Crippen LogP contribution in [0, 0.1) is 0 Å². The highest BCUT2D eigenvalue weighted by atomic mass is 79.9. The lowest BCUT2D eigenvalue weighted by Crippen LogP contribution is -1.98. The molecule has 3 aromatic rings. The molecule has 21 heavy (non-hydrogen) atoms. The van der Waals surface area contributed by atoms with Crippen LogP contribution in [0.1, 0.15) is 10.4 Å². The summed E-state index contributed by atoms with van der Waals surface area (Å²) in [4.78, 5) is 19.5. The Morgan fingerprint density at radius 3 is 2.81 bits per heavy atom. The molecule has 0 fully saturated rings. The van der Waals surface area contributed by atoms with Crippen LogP contribution in [0.2, 0.25) is 0 Å². The average Bonchev–Trinajstić information content (AvgIpc) is 2.46. The summed E-state index contributed by atoms with van der Waals surface area (Å²) in [5.74, 6) is -0.0530. The number of carboxylic acid groups (broad SMARTS) is 1. The van der Waals surface area contributed by atoms with Crippen molar-refractivity contribution in [2.45, 2.75) is 0 Å². The largest absolute Gasteiger partial charge is 0.478 e. The van der Waals surface area contributed by atoms with Gasteiger partial charge in [-0.25, -0.2) is 9.78 Å². The van der Waals surface area contributed by atoms with Gasteiger partial charge in [0.25, 0.3) is 0 Å². The number of fused-ring (bicyclic) bond motifs is 1. The second kappa shape index (κ2) is 5.49. The van der Waals surface area contributed by atoms with Gasteiger partial charge >= 0.3 is 5.97 Å². The smallest absolute Gasteiger partial charge is 0.336 e. The molecule has 0 unspecified atom stereocenters. The second-order valence-corrected chi connectivity index (χ2v) is 5.18. The van der Waals surface area contributed by atoms with Crippen LogP contribution in [-0.2, 0) is 0 Å². The highest BCUT2D eigenvalue weighted by Gasteiger charge is 2.09. The topological polar surface area (TPSA) is 72.3 Å². The molecule has 0 aliphatic carbocycles. The summed E-state index contributed by atoms with van der Waals surface area (Å²) >= 11 is 3.31. The molecule has 0 spiro atoms. The molecule has 5 nitrogen and oxygen atoms in total. The summed E-state index contributed by atoms with van der Waals surface area (Å²) in [6, 6.07) is 10.0. The second-order valence-electron chi connectivity index (χ2n) is 4.27. The Balaban J connectivity index is 2.00. The average molecular weight is 345 g/mol. The molecule has 0 aliphatic heterocycles. The number of hydrogen-bond acceptors (Lipinski definition) is 4. The minimum atomic E-state index is -0.979. The van der Waals surface area contributed by atoms with E-state index in [0.29, 0.717) is 22.5 Å². The van der Waals surface area contributed by atoms with E-state index < -0.39 is 5.97 Å². The Labute approximate surface area is 128 Å². The number of pyridine rings is 2. The number of carbonyl (C=O) groups is 1. The highest BCUT2D eigenvalue weighted by Crippen LogP contribution is 2.25. The molecule has 6 heteroatoms. The number of aromatic carboxylic acids is 1. The van der Waals surface area contributed by atoms with Crippen LogP contribution < -0.4 is 4.74 Å². The molecule has 0 saturated heterocycles. The maximum atomic E-state index is 11.2. The summed E-state index contributed by atoms with van der Waals surface area (Å²) in [7, 11) is 0. The number of benzene rings is 1. The molecule has 3 rings (SSSR count). The van der Waals surface area contributed by atoms with Gasteiger partial charge in [-0.05, 0) is 40.2 Å². The Morgan fingerprint density at radius 2 is 2.05 bits per heavy atom. The van der Waals surface area contributed by atoms with E-state index in [1.807, 2.05) is 0 Å². The van der Waals surface area contributed by atoms with Gasteiger partial charge in [0.2, 0.25) is 5.88 Å². The fourth-order valence-electron chi connectivity index (χ4n) is 1.95. The van der Waals surface area contributed by atoms with Gasteiger partial charge in [-0.15, -0.1) is 0 Å². The SMILES string of the molecule is O=C(O)c1cccc2nc(Oc3cncc(Br)c3)ccc12. The van der Waals surface area contributed by atoms with E-state index in [4.69, 9.17) is 9.84 Å². The minimum absolute atomic E-state index is 0.218. The first kappa shape index (κ1) is 13.5. The third-order valence-corrected chi connectivity index (χ3v) is 3.27. The van der Waals surface area contributed by atoms with Crippen LogP contribution in [-0.4, -0.2) is 21.0 Å². The summed E-state index contributed by atoms with van der Waals surface area (Å²) in [6.07, 6.45) is 3.23. The Morgan fingerprint density at radius 1 is 1.19 bits per heavy atom. The zero-order valence-corrected chi connectivity index (χ0v) is 12.2. The van der Waals surface area contributed by atoms with Crippen molar-refractivity contribution in [3.05, 3.63) is 58.8 Å². The number of carboxylic acids is 1. The van der Waals surface area contributed by atoms with Crippen LogP contribution in [0.5, 0.6) is 11.6 Å². The van der Waals surface area contributed by atoms with E-state index in [9.17, 15) is 4.79 Å². The molecule has 0 bridgehead atoms. The number of nitrogens with zero attached hydrogens (tertiary/aromatic N) is 2. The van der Waals surface area contributed by atoms with Crippen LogP contribution in [0.4, 0.5) is 0 Å². The third kappa shape index (κ3) is 2.85. The summed E-state index contributed by atoms with van der Waals surface area (Å²) in [5, 5.41) is 9.72. The van der Waals surface area contributed by atoms with E-state index in [1.54, 1.807) is 48.8 Å². The standard InChI is InChI=1S/C15H9BrN2O3/c16-9-6-10(8-17-7-9)21-14-5-4-11-12(15(19)20)2-1-3-13(11)18-14/h1-8H,(H,19,20). The van der Waals surface area contributed by atoms with Gasteiger partial charge in [0.15, 0.2) is 0 Å². The van der Waals surface area contributed by atoms with Gasteiger partial charge in [0.05, 0.1) is 17.3 Å². The summed E-state index contributed by atoms with van der Waals surface area (Å²) in [5.41, 5.74) is 0.783. The first-order valence-electron chi connectivity index (χ1n) is 6.05. The lowest BCUT2D eigenvalue weighted by atomic mass is 10.1. The Hall–Kier alpha value is -2.47. The normalized spacial score (nSPS) is 10.5. The van der Waals surface area contributed by atoms with Gasteiger partial charge in [-0.1, -0.05) is 6.07 Å². The van der Waals surface area contributed by atoms with E-state index in [-0.39, 0.29) is 5.56 Å². The zero-order chi connectivity index (χ0) is 14.8. The summed E-state index contributed by atoms with van der Waals surface area (Å²) in [6.45, 7) is 0. The maximum absolute atomic E-state index is 11.2. The molecular weight excluding hydrogens is 336 g/mol. The van der Waals surface area contributed by atoms with Crippen molar-refractivity contribution in [3.63, 3.8) is 0 Å². The predicted octanol–water partition coefficient (Wildman–Crippen LogP) is 3.88. The van der Waals surface area contributed by atoms with Gasteiger partial charge in [0, 0.05) is 22.1 Å². The van der Waals surface area contributed by atoms with Gasteiger partial charge in [-0.2, -0.15) is 0 Å². The molecule has 0 saturated carbocycles. The molecule has 2 aromatic heterocycles. The molecule has 0 radical (unpaired) electrons. The van der Waals surface area contributed by atoms with Crippen molar-refractivity contribution >= 4 is 32.8 Å². The van der Waals surface area contributed by atoms with Crippen LogP contribution in [0.3, 0.4) is 0 Å². The molecule has 0 aliphatic rings. The Kier molecular flexibility index (Phi) is 3.53. The van der Waals surface area contributed by atoms with E-state index in [1.165, 1.54) is 0 Å². The lowest BCUT2D eigenvalue weighted by Gasteiger charge is -2.07. The molecular formula is C15H9BrN2O3. The van der Waals surface area contributed by atoms with Crippen molar-refractivity contribution in [1.82, 2.24) is 9.97 Å². The van der Waals surface area contributed by atoms with Crippen molar-refractivity contribution in [2.24, 2.45) is 0 Å². The number of aromatic nitrogens is 2. The van der Waals surface area contributed by atoms with Gasteiger partial charge in [0.1, 0.15) is 5.75 Å². The first-order chi connectivity index (χ1) is 10.1. The fourth-order valence-corrected chi connectivity index (χ4v) is 2.29. The monoisotopic (exact) mass is 344 g/mol. The first-order valence-corrected chi connectivity index (χ1v) is 6.84. The van der Waals surface area contributed by atoms with E-state index in [2.05, 4.69) is 25.9 Å². The molecule has 104 valence electrons. The zero-order valence-electron chi connectivity index (χ0n) is 10.7. The number of ether oxygens (including phenoxy) is 1. The molecule has 1 N–H and O–H groups in total. The summed E-state index contributed by atoms with van der Waals surface area (Å²) < 4.78 is 6.42. The lowest BCUT2D eigenvalue weighted by molar-refractivity contribution is 0.0699. The third-order valence-electron chi connectivity index (χ3n) is 2.84. The quantitative estimate of drug-likeness (QED) is 0.780. The number of rotatable bonds is 3. The highest BCUT2D eigenvalue weighted by molar-refractivity contribution is 9.10. The molecule has 0 amide bonds. The van der Waals surface area contributed by atoms with Gasteiger partial charge < -0.3 is 9.84 Å². The van der Waals surface area contributed by atoms with Gasteiger partial charge in [-0.3, -0.25) is 4.98 Å². The van der Waals surface area contributed by atoms with Crippen LogP contribution in [0.15, 0.2) is 53.3 Å². The van der Waals surface area contributed by atoms with Crippen molar-refractivity contribution in [2.75, 3.05) is 0 Å². The van der Waals surface area contributed by atoms with Crippen LogP contribution in [0.25, 0.3) is 10.9 Å². The molecule has 2 heterocycles. The minimum Gasteiger partial charge on any atom is -0.478 e. The number of hydrogen-bond donors (Lipinski definition) is 1. The van der Waals surface area contributed by atoms with E-state index in [0.717, 1.165) is 4.47 Å². The maximum Gasteiger partial charge on any atom is 0.336 e. The Bertz CT molecular complexity index is 836. The van der Waals surface area contributed by atoms with Crippen LogP contribution >= 0.6 is 15.9 Å².